The predicted octanol–water partition coefficient (Wildman–Crippen LogP) is 0.359. The van der Waals surface area contributed by atoms with Crippen LogP contribution in [-0.4, -0.2) is 23.0 Å². The molecule has 1 saturated carbocycles. The molecule has 1 aliphatic heterocycles. The number of nitro groups is 1. The first kappa shape index (κ1) is 7.52. The minimum absolute atomic E-state index is 0.181. The van der Waals surface area contributed by atoms with Crippen LogP contribution in [0.25, 0.3) is 0 Å². The molecule has 0 bridgehead atoms. The number of hydrogen-bond donors (Lipinski definition) is 0. The van der Waals surface area contributed by atoms with Crippen LogP contribution in [0.4, 0.5) is 0 Å². The average molecular weight is 171 g/mol. The Morgan fingerprint density at radius 3 is 3.00 bits per heavy atom. The van der Waals surface area contributed by atoms with Crippen LogP contribution in [0.3, 0.4) is 0 Å². The van der Waals surface area contributed by atoms with Gasteiger partial charge in [0.15, 0.2) is 0 Å². The molecule has 66 valence electrons. The van der Waals surface area contributed by atoms with E-state index in [0.29, 0.717) is 6.42 Å². The van der Waals surface area contributed by atoms with Gasteiger partial charge in [-0.1, -0.05) is 0 Å². The van der Waals surface area contributed by atoms with Crippen molar-refractivity contribution >= 4 is 5.97 Å². The zero-order valence-corrected chi connectivity index (χ0v) is 6.49. The van der Waals surface area contributed by atoms with E-state index < -0.39 is 16.4 Å². The third-order valence-electron chi connectivity index (χ3n) is 2.88. The zero-order valence-electron chi connectivity index (χ0n) is 6.49. The van der Waals surface area contributed by atoms with E-state index in [2.05, 4.69) is 0 Å². The Kier molecular flexibility index (Phi) is 1.37. The van der Waals surface area contributed by atoms with Crippen molar-refractivity contribution in [3.05, 3.63) is 10.1 Å². The average Bonchev–Trinajstić information content (AvgIpc) is 2.52. The molecule has 0 amide bonds. The summed E-state index contributed by atoms with van der Waals surface area (Å²) in [5.74, 6) is -0.810. The second kappa shape index (κ2) is 2.18. The van der Waals surface area contributed by atoms with Gasteiger partial charge in [-0.05, 0) is 12.8 Å². The molecule has 0 radical (unpaired) electrons. The van der Waals surface area contributed by atoms with E-state index in [1.165, 1.54) is 0 Å². The number of cyclic esters (lactones) is 1. The van der Waals surface area contributed by atoms with Gasteiger partial charge in [-0.15, -0.1) is 0 Å². The van der Waals surface area contributed by atoms with Gasteiger partial charge in [0.25, 0.3) is 0 Å². The van der Waals surface area contributed by atoms with E-state index >= 15 is 0 Å². The van der Waals surface area contributed by atoms with Crippen LogP contribution in [0.15, 0.2) is 0 Å². The Bertz CT molecular complexity index is 252. The summed E-state index contributed by atoms with van der Waals surface area (Å²) in [5.41, 5.74) is -1.37. The lowest BCUT2D eigenvalue weighted by Crippen LogP contribution is -2.45. The van der Waals surface area contributed by atoms with Crippen molar-refractivity contribution in [1.29, 1.82) is 0 Å². The van der Waals surface area contributed by atoms with Gasteiger partial charge < -0.3 is 4.74 Å². The van der Waals surface area contributed by atoms with Crippen molar-refractivity contribution in [2.24, 2.45) is 5.92 Å². The van der Waals surface area contributed by atoms with Crippen LogP contribution >= 0.6 is 0 Å². The Hall–Kier alpha value is -1.13. The first-order valence-electron chi connectivity index (χ1n) is 3.99. The minimum atomic E-state index is -1.37. The van der Waals surface area contributed by atoms with E-state index in [4.69, 9.17) is 4.74 Å². The quantitative estimate of drug-likeness (QED) is 0.324. The molecule has 1 heterocycles. The van der Waals surface area contributed by atoms with E-state index in [-0.39, 0.29) is 12.5 Å². The van der Waals surface area contributed by atoms with Crippen molar-refractivity contribution in [3.8, 4) is 0 Å². The largest absolute Gasteiger partial charge is 0.460 e. The highest BCUT2D eigenvalue weighted by Crippen LogP contribution is 2.43. The molecule has 0 N–H and O–H groups in total. The van der Waals surface area contributed by atoms with Gasteiger partial charge in [0.1, 0.15) is 6.61 Å². The fraction of sp³-hybridized carbons (Fsp3) is 0.857. The van der Waals surface area contributed by atoms with E-state index in [9.17, 15) is 14.9 Å². The Morgan fingerprint density at radius 2 is 2.42 bits per heavy atom. The summed E-state index contributed by atoms with van der Waals surface area (Å²) >= 11 is 0. The molecule has 0 aromatic rings. The number of carbonyl (C=O) groups is 1. The number of rotatable bonds is 1. The normalized spacial score (nSPS) is 39.3. The molecule has 1 aliphatic carbocycles. The Morgan fingerprint density at radius 1 is 1.67 bits per heavy atom. The molecular formula is C7H9NO4. The van der Waals surface area contributed by atoms with Crippen LogP contribution in [0, 0.1) is 16.0 Å². The third kappa shape index (κ3) is 0.659. The Balaban J connectivity index is 2.40. The number of nitrogens with zero attached hydrogens (tertiary/aromatic N) is 1. The summed E-state index contributed by atoms with van der Waals surface area (Å²) in [6, 6.07) is 0. The van der Waals surface area contributed by atoms with Gasteiger partial charge >= 0.3 is 11.5 Å². The van der Waals surface area contributed by atoms with Gasteiger partial charge in [-0.2, -0.15) is 0 Å². The maximum atomic E-state index is 11.2. The highest BCUT2D eigenvalue weighted by molar-refractivity contribution is 5.82. The van der Waals surface area contributed by atoms with Gasteiger partial charge in [-0.3, -0.25) is 10.1 Å². The monoisotopic (exact) mass is 171 g/mol. The molecule has 2 fully saturated rings. The summed E-state index contributed by atoms with van der Waals surface area (Å²) in [4.78, 5) is 21.4. The van der Waals surface area contributed by atoms with Crippen LogP contribution < -0.4 is 0 Å². The topological polar surface area (TPSA) is 69.4 Å². The summed E-state index contributed by atoms with van der Waals surface area (Å²) in [7, 11) is 0. The molecule has 0 aromatic heterocycles. The van der Waals surface area contributed by atoms with Gasteiger partial charge in [0, 0.05) is 11.3 Å². The predicted molar refractivity (Wildman–Crippen MR) is 38.0 cm³/mol. The standard InChI is InChI=1S/C7H9NO4/c9-6-7(8(10)11)3-1-2-5(7)4-12-6/h5H,1-4H2/t5-,7+/m1/s1. The number of fused-ring (bicyclic) bond motifs is 1. The van der Waals surface area contributed by atoms with E-state index in [1.54, 1.807) is 0 Å². The highest BCUT2D eigenvalue weighted by atomic mass is 16.6. The zero-order chi connectivity index (χ0) is 8.77. The summed E-state index contributed by atoms with van der Waals surface area (Å²) in [6.45, 7) is 0.236. The number of esters is 1. The minimum Gasteiger partial charge on any atom is -0.460 e. The van der Waals surface area contributed by atoms with Crippen molar-refractivity contribution in [1.82, 2.24) is 0 Å². The van der Waals surface area contributed by atoms with Crippen molar-refractivity contribution in [3.63, 3.8) is 0 Å². The maximum absolute atomic E-state index is 11.2. The second-order valence-electron chi connectivity index (χ2n) is 3.37. The van der Waals surface area contributed by atoms with Gasteiger partial charge in [0.05, 0.1) is 5.92 Å². The Labute approximate surface area is 68.8 Å². The summed E-state index contributed by atoms with van der Waals surface area (Å²) in [6.07, 6.45) is 1.86. The molecule has 0 spiro atoms. The molecule has 0 aromatic carbocycles. The number of hydrogen-bond acceptors (Lipinski definition) is 4. The number of carbonyl (C=O) groups excluding carboxylic acids is 1. The SMILES string of the molecule is O=C1OC[C@H]2CCC[C@@]12[N+](=O)[O-]. The molecule has 5 nitrogen and oxygen atoms in total. The highest BCUT2D eigenvalue weighted by Gasteiger charge is 2.65. The first-order chi connectivity index (χ1) is 5.68. The first-order valence-corrected chi connectivity index (χ1v) is 3.99. The fourth-order valence-electron chi connectivity index (χ4n) is 2.17. The molecule has 12 heavy (non-hydrogen) atoms. The summed E-state index contributed by atoms with van der Waals surface area (Å²) in [5, 5.41) is 10.7. The molecule has 1 saturated heterocycles. The molecular weight excluding hydrogens is 162 g/mol. The smallest absolute Gasteiger partial charge is 0.385 e. The van der Waals surface area contributed by atoms with Crippen molar-refractivity contribution in [2.75, 3.05) is 6.61 Å². The maximum Gasteiger partial charge on any atom is 0.385 e. The van der Waals surface area contributed by atoms with Crippen molar-refractivity contribution < 1.29 is 14.5 Å². The molecule has 5 heteroatoms. The molecule has 2 atom stereocenters. The molecule has 0 unspecified atom stereocenters. The van der Waals surface area contributed by atoms with Gasteiger partial charge in [-0.25, -0.2) is 4.79 Å². The third-order valence-corrected chi connectivity index (χ3v) is 2.88. The molecule has 2 rings (SSSR count). The van der Waals surface area contributed by atoms with E-state index in [0.717, 1.165) is 12.8 Å². The summed E-state index contributed by atoms with van der Waals surface area (Å²) < 4.78 is 4.70. The fourth-order valence-corrected chi connectivity index (χ4v) is 2.17. The van der Waals surface area contributed by atoms with Crippen molar-refractivity contribution in [2.45, 2.75) is 24.8 Å². The lowest BCUT2D eigenvalue weighted by atomic mass is 9.91. The van der Waals surface area contributed by atoms with Crippen LogP contribution in [-0.2, 0) is 9.53 Å². The second-order valence-corrected chi connectivity index (χ2v) is 3.37. The number of ether oxygens (including phenoxy) is 1. The van der Waals surface area contributed by atoms with Crippen LogP contribution in [0.2, 0.25) is 0 Å². The van der Waals surface area contributed by atoms with Gasteiger partial charge in [0.2, 0.25) is 0 Å². The van der Waals surface area contributed by atoms with Crippen LogP contribution in [0.5, 0.6) is 0 Å². The van der Waals surface area contributed by atoms with E-state index in [1.807, 2.05) is 0 Å². The lowest BCUT2D eigenvalue weighted by Gasteiger charge is -2.13. The van der Waals surface area contributed by atoms with Crippen LogP contribution in [0.1, 0.15) is 19.3 Å². The molecule has 2 aliphatic rings. The lowest BCUT2D eigenvalue weighted by molar-refractivity contribution is -0.556.